The molecule has 0 spiro atoms. The zero-order valence-electron chi connectivity index (χ0n) is 13.0. The number of benzene rings is 2. The molecule has 0 amide bonds. The number of hydrogen-bond donors (Lipinski definition) is 0. The average molecular weight is 304 g/mol. The predicted octanol–water partition coefficient (Wildman–Crippen LogP) is 3.51. The highest BCUT2D eigenvalue weighted by molar-refractivity contribution is 5.68. The maximum atomic E-state index is 9.38. The van der Waals surface area contributed by atoms with E-state index in [1.54, 1.807) is 4.68 Å². The van der Waals surface area contributed by atoms with Gasteiger partial charge >= 0.3 is 0 Å². The summed E-state index contributed by atoms with van der Waals surface area (Å²) in [6.07, 6.45) is 0. The zero-order chi connectivity index (χ0) is 16.2. The van der Waals surface area contributed by atoms with E-state index in [0.717, 1.165) is 16.8 Å². The number of nitriles is 1. The van der Waals surface area contributed by atoms with E-state index in [1.165, 1.54) is 0 Å². The molecule has 1 aromatic heterocycles. The molecule has 0 bridgehead atoms. The van der Waals surface area contributed by atoms with Gasteiger partial charge in [-0.05, 0) is 32.0 Å². The SMILES string of the molecule is CCOc1ccccc1-n1nnc(C#N)c1-c1cccc(C)c1. The van der Waals surface area contributed by atoms with Crippen molar-refractivity contribution in [1.82, 2.24) is 15.0 Å². The minimum Gasteiger partial charge on any atom is -0.492 e. The van der Waals surface area contributed by atoms with Crippen LogP contribution in [0.4, 0.5) is 0 Å². The highest BCUT2D eigenvalue weighted by Crippen LogP contribution is 2.29. The third-order valence-corrected chi connectivity index (χ3v) is 3.46. The number of nitrogens with zero attached hydrogens (tertiary/aromatic N) is 4. The van der Waals surface area contributed by atoms with Crippen molar-refractivity contribution in [3.8, 4) is 28.8 Å². The molecule has 5 heteroatoms. The third-order valence-electron chi connectivity index (χ3n) is 3.46. The van der Waals surface area contributed by atoms with Crippen molar-refractivity contribution in [3.63, 3.8) is 0 Å². The Labute approximate surface area is 134 Å². The number of hydrogen-bond acceptors (Lipinski definition) is 4. The van der Waals surface area contributed by atoms with Gasteiger partial charge in [0.05, 0.1) is 6.61 Å². The lowest BCUT2D eigenvalue weighted by Gasteiger charge is -2.12. The molecule has 0 unspecified atom stereocenters. The van der Waals surface area contributed by atoms with Crippen LogP contribution in [0, 0.1) is 18.3 Å². The second-order valence-corrected chi connectivity index (χ2v) is 5.08. The van der Waals surface area contributed by atoms with Gasteiger partial charge in [0.2, 0.25) is 0 Å². The molecule has 2 aromatic carbocycles. The topological polar surface area (TPSA) is 63.7 Å². The molecule has 0 fully saturated rings. The van der Waals surface area contributed by atoms with Crippen molar-refractivity contribution in [1.29, 1.82) is 5.26 Å². The molecule has 0 aliphatic rings. The number of para-hydroxylation sites is 2. The molecule has 3 rings (SSSR count). The van der Waals surface area contributed by atoms with Crippen molar-refractivity contribution in [2.75, 3.05) is 6.61 Å². The minimum absolute atomic E-state index is 0.293. The Morgan fingerprint density at radius 1 is 1.17 bits per heavy atom. The van der Waals surface area contributed by atoms with E-state index in [-0.39, 0.29) is 0 Å². The Bertz CT molecular complexity index is 877. The summed E-state index contributed by atoms with van der Waals surface area (Å²) in [5, 5.41) is 17.6. The lowest BCUT2D eigenvalue weighted by molar-refractivity contribution is 0.338. The number of rotatable bonds is 4. The average Bonchev–Trinajstić information content (AvgIpc) is 2.99. The van der Waals surface area contributed by atoms with Crippen LogP contribution in [0.1, 0.15) is 18.2 Å². The fourth-order valence-corrected chi connectivity index (χ4v) is 2.49. The first kappa shape index (κ1) is 14.8. The van der Waals surface area contributed by atoms with E-state index >= 15 is 0 Å². The van der Waals surface area contributed by atoms with Crippen molar-refractivity contribution in [2.24, 2.45) is 0 Å². The summed E-state index contributed by atoms with van der Waals surface area (Å²) in [6.45, 7) is 4.49. The fraction of sp³-hybridized carbons (Fsp3) is 0.167. The van der Waals surface area contributed by atoms with Crippen LogP contribution in [0.3, 0.4) is 0 Å². The van der Waals surface area contributed by atoms with Crippen molar-refractivity contribution < 1.29 is 4.74 Å². The normalized spacial score (nSPS) is 10.3. The Morgan fingerprint density at radius 2 is 2.00 bits per heavy atom. The van der Waals surface area contributed by atoms with Crippen LogP contribution in [-0.2, 0) is 0 Å². The zero-order valence-corrected chi connectivity index (χ0v) is 13.0. The van der Waals surface area contributed by atoms with Gasteiger partial charge in [-0.1, -0.05) is 41.1 Å². The van der Waals surface area contributed by atoms with E-state index in [4.69, 9.17) is 4.74 Å². The second-order valence-electron chi connectivity index (χ2n) is 5.08. The summed E-state index contributed by atoms with van der Waals surface area (Å²) in [6, 6.07) is 17.6. The molecule has 114 valence electrons. The van der Waals surface area contributed by atoms with Gasteiger partial charge in [0, 0.05) is 5.56 Å². The molecule has 0 saturated carbocycles. The summed E-state index contributed by atoms with van der Waals surface area (Å²) in [5.41, 5.74) is 3.74. The van der Waals surface area contributed by atoms with Crippen LogP contribution in [-0.4, -0.2) is 21.6 Å². The molecule has 0 N–H and O–H groups in total. The molecule has 0 saturated heterocycles. The maximum Gasteiger partial charge on any atom is 0.191 e. The maximum absolute atomic E-state index is 9.38. The smallest absolute Gasteiger partial charge is 0.191 e. The van der Waals surface area contributed by atoms with Crippen LogP contribution in [0.5, 0.6) is 5.75 Å². The Balaban J connectivity index is 2.23. The summed E-state index contributed by atoms with van der Waals surface area (Å²) in [5.74, 6) is 0.707. The van der Waals surface area contributed by atoms with Gasteiger partial charge < -0.3 is 4.74 Å². The lowest BCUT2D eigenvalue weighted by Crippen LogP contribution is -2.04. The summed E-state index contributed by atoms with van der Waals surface area (Å²) in [7, 11) is 0. The van der Waals surface area contributed by atoms with Crippen LogP contribution in [0.2, 0.25) is 0 Å². The number of aryl methyl sites for hydroxylation is 1. The van der Waals surface area contributed by atoms with Crippen LogP contribution in [0.15, 0.2) is 48.5 Å². The lowest BCUT2D eigenvalue weighted by atomic mass is 10.1. The Kier molecular flexibility index (Phi) is 4.07. The highest BCUT2D eigenvalue weighted by atomic mass is 16.5. The molecule has 0 aliphatic carbocycles. The Hall–Kier alpha value is -3.13. The molecule has 3 aromatic rings. The molecule has 23 heavy (non-hydrogen) atoms. The number of ether oxygens (including phenoxy) is 1. The predicted molar refractivity (Wildman–Crippen MR) is 87.4 cm³/mol. The van der Waals surface area contributed by atoms with E-state index in [2.05, 4.69) is 16.4 Å². The third kappa shape index (κ3) is 2.79. The van der Waals surface area contributed by atoms with Crippen molar-refractivity contribution in [2.45, 2.75) is 13.8 Å². The first-order valence-corrected chi connectivity index (χ1v) is 7.39. The molecule has 0 aliphatic heterocycles. The van der Waals surface area contributed by atoms with Gasteiger partial charge in [0.1, 0.15) is 23.2 Å². The van der Waals surface area contributed by atoms with E-state index < -0.39 is 0 Å². The number of aromatic nitrogens is 3. The van der Waals surface area contributed by atoms with Crippen molar-refractivity contribution in [3.05, 3.63) is 59.8 Å². The molecular weight excluding hydrogens is 288 g/mol. The fourth-order valence-electron chi connectivity index (χ4n) is 2.49. The first-order valence-electron chi connectivity index (χ1n) is 7.39. The van der Waals surface area contributed by atoms with Gasteiger partial charge in [-0.3, -0.25) is 0 Å². The van der Waals surface area contributed by atoms with Gasteiger partial charge in [0.15, 0.2) is 5.69 Å². The van der Waals surface area contributed by atoms with Gasteiger partial charge in [-0.2, -0.15) is 5.26 Å². The van der Waals surface area contributed by atoms with Gasteiger partial charge in [-0.25, -0.2) is 4.68 Å². The molecular formula is C18H16N4O. The van der Waals surface area contributed by atoms with E-state index in [1.807, 2.05) is 62.4 Å². The summed E-state index contributed by atoms with van der Waals surface area (Å²) < 4.78 is 7.34. The quantitative estimate of drug-likeness (QED) is 0.740. The van der Waals surface area contributed by atoms with E-state index in [9.17, 15) is 5.26 Å². The monoisotopic (exact) mass is 304 g/mol. The summed E-state index contributed by atoms with van der Waals surface area (Å²) in [4.78, 5) is 0. The standard InChI is InChI=1S/C18H16N4O/c1-3-23-17-10-5-4-9-16(17)22-18(15(12-19)20-21-22)14-8-6-7-13(2)11-14/h4-11H,3H2,1-2H3. The van der Waals surface area contributed by atoms with Gasteiger partial charge in [0.25, 0.3) is 0 Å². The Morgan fingerprint density at radius 3 is 2.74 bits per heavy atom. The highest BCUT2D eigenvalue weighted by Gasteiger charge is 2.18. The molecule has 5 nitrogen and oxygen atoms in total. The van der Waals surface area contributed by atoms with Gasteiger partial charge in [-0.15, -0.1) is 5.10 Å². The van der Waals surface area contributed by atoms with Crippen LogP contribution >= 0.6 is 0 Å². The van der Waals surface area contributed by atoms with E-state index in [0.29, 0.717) is 23.7 Å². The second kappa shape index (κ2) is 6.32. The van der Waals surface area contributed by atoms with Crippen molar-refractivity contribution >= 4 is 0 Å². The first-order chi connectivity index (χ1) is 11.2. The molecule has 0 atom stereocenters. The minimum atomic E-state index is 0.293. The van der Waals surface area contributed by atoms with Crippen LogP contribution < -0.4 is 4.74 Å². The largest absolute Gasteiger partial charge is 0.492 e. The van der Waals surface area contributed by atoms with Crippen LogP contribution in [0.25, 0.3) is 16.9 Å². The molecule has 1 heterocycles. The molecule has 0 radical (unpaired) electrons. The summed E-state index contributed by atoms with van der Waals surface area (Å²) >= 11 is 0.